The van der Waals surface area contributed by atoms with Gasteiger partial charge in [-0.2, -0.15) is 0 Å². The molecule has 2 N–H and O–H groups in total. The Morgan fingerprint density at radius 3 is 3.14 bits per heavy atom. The fraction of sp³-hybridized carbons (Fsp3) is 0.471. The van der Waals surface area contributed by atoms with Gasteiger partial charge in [0.2, 0.25) is 5.91 Å². The number of carbonyl (C=O) groups is 1. The third-order valence-electron chi connectivity index (χ3n) is 3.39. The lowest BCUT2D eigenvalue weighted by Gasteiger charge is -2.21. The molecular weight excluding hydrogens is 266 g/mol. The van der Waals surface area contributed by atoms with Crippen LogP contribution >= 0.6 is 0 Å². The molecule has 1 aromatic rings. The van der Waals surface area contributed by atoms with Crippen molar-refractivity contribution in [2.24, 2.45) is 5.92 Å². The van der Waals surface area contributed by atoms with Crippen molar-refractivity contribution in [2.45, 2.75) is 25.8 Å². The van der Waals surface area contributed by atoms with Gasteiger partial charge in [0.25, 0.3) is 0 Å². The molecule has 0 spiro atoms. The first-order valence-electron chi connectivity index (χ1n) is 7.33. The molecule has 21 heavy (non-hydrogen) atoms. The van der Waals surface area contributed by atoms with E-state index in [2.05, 4.69) is 17.2 Å². The molecule has 1 aliphatic heterocycles. The van der Waals surface area contributed by atoms with Crippen LogP contribution in [-0.2, 0) is 16.1 Å². The van der Waals surface area contributed by atoms with E-state index >= 15 is 0 Å². The third kappa shape index (κ3) is 5.22. The number of carbonyl (C=O) groups excluding carboxylic acids is 1. The van der Waals surface area contributed by atoms with Crippen LogP contribution in [0.25, 0.3) is 0 Å². The van der Waals surface area contributed by atoms with Crippen molar-refractivity contribution in [1.29, 1.82) is 0 Å². The molecule has 1 saturated heterocycles. The molecule has 0 bridgehead atoms. The van der Waals surface area contributed by atoms with E-state index in [1.165, 1.54) is 0 Å². The fourth-order valence-electron chi connectivity index (χ4n) is 2.26. The van der Waals surface area contributed by atoms with Gasteiger partial charge >= 0.3 is 0 Å². The van der Waals surface area contributed by atoms with Gasteiger partial charge in [-0.15, -0.1) is 0 Å². The lowest BCUT2D eigenvalue weighted by atomic mass is 10.0. The smallest absolute Gasteiger partial charge is 0.225 e. The fourth-order valence-corrected chi connectivity index (χ4v) is 2.26. The number of aliphatic hydroxyl groups excluding tert-OH is 1. The minimum absolute atomic E-state index is 0.0220. The lowest BCUT2D eigenvalue weighted by molar-refractivity contribution is -0.129. The van der Waals surface area contributed by atoms with Crippen LogP contribution in [0.2, 0.25) is 0 Å². The summed E-state index contributed by atoms with van der Waals surface area (Å²) >= 11 is 0. The second-order valence-corrected chi connectivity index (χ2v) is 5.11. The number of nitrogens with one attached hydrogen (secondary N) is 1. The number of amides is 1. The molecule has 0 radical (unpaired) electrons. The zero-order valence-electron chi connectivity index (χ0n) is 12.1. The van der Waals surface area contributed by atoms with Crippen LogP contribution in [0.4, 0.5) is 0 Å². The summed E-state index contributed by atoms with van der Waals surface area (Å²) < 4.78 is 5.33. The molecular formula is C17H21NO3. The van der Waals surface area contributed by atoms with Crippen LogP contribution in [0.15, 0.2) is 24.3 Å². The number of ether oxygens (including phenoxy) is 1. The van der Waals surface area contributed by atoms with Gasteiger partial charge in [0.15, 0.2) is 0 Å². The van der Waals surface area contributed by atoms with E-state index in [-0.39, 0.29) is 18.4 Å². The van der Waals surface area contributed by atoms with E-state index < -0.39 is 0 Å². The van der Waals surface area contributed by atoms with E-state index in [4.69, 9.17) is 9.84 Å². The zero-order valence-corrected chi connectivity index (χ0v) is 12.1. The normalized spacial score (nSPS) is 17.7. The maximum absolute atomic E-state index is 12.0. The average molecular weight is 287 g/mol. The van der Waals surface area contributed by atoms with E-state index in [1.54, 1.807) is 0 Å². The van der Waals surface area contributed by atoms with E-state index in [0.717, 1.165) is 30.6 Å². The summed E-state index contributed by atoms with van der Waals surface area (Å²) in [6.07, 6.45) is 2.33. The Hall–Kier alpha value is -1.83. The van der Waals surface area contributed by atoms with Gasteiger partial charge in [-0.05, 0) is 30.5 Å². The van der Waals surface area contributed by atoms with Crippen LogP contribution in [0.3, 0.4) is 0 Å². The number of hydrogen-bond acceptors (Lipinski definition) is 3. The predicted molar refractivity (Wildman–Crippen MR) is 80.4 cm³/mol. The molecule has 1 fully saturated rings. The summed E-state index contributed by atoms with van der Waals surface area (Å²) in [6, 6.07) is 7.77. The van der Waals surface area contributed by atoms with Crippen molar-refractivity contribution in [3.63, 3.8) is 0 Å². The molecule has 0 aliphatic carbocycles. The Morgan fingerprint density at radius 1 is 1.48 bits per heavy atom. The van der Waals surface area contributed by atoms with Crippen molar-refractivity contribution >= 4 is 5.91 Å². The van der Waals surface area contributed by atoms with E-state index in [0.29, 0.717) is 19.6 Å². The number of rotatable bonds is 4. The first kappa shape index (κ1) is 15.6. The predicted octanol–water partition coefficient (Wildman–Crippen LogP) is 1.46. The topological polar surface area (TPSA) is 58.6 Å². The molecule has 2 rings (SSSR count). The molecule has 1 heterocycles. The number of aliphatic hydroxyl groups is 1. The minimum atomic E-state index is -0.0220. The third-order valence-corrected chi connectivity index (χ3v) is 3.39. The Balaban J connectivity index is 1.86. The zero-order chi connectivity index (χ0) is 14.9. The van der Waals surface area contributed by atoms with Crippen molar-refractivity contribution in [1.82, 2.24) is 5.32 Å². The molecule has 4 heteroatoms. The molecule has 0 saturated carbocycles. The van der Waals surface area contributed by atoms with Gasteiger partial charge in [0.1, 0.15) is 0 Å². The second kappa shape index (κ2) is 8.46. The molecule has 1 aromatic carbocycles. The average Bonchev–Trinajstić information content (AvgIpc) is 2.54. The molecule has 1 amide bonds. The maximum atomic E-state index is 12.0. The highest BCUT2D eigenvalue weighted by molar-refractivity contribution is 5.78. The van der Waals surface area contributed by atoms with Crippen LogP contribution in [0, 0.1) is 17.8 Å². The van der Waals surface area contributed by atoms with Gasteiger partial charge in [-0.3, -0.25) is 4.79 Å². The number of hydrogen-bond donors (Lipinski definition) is 2. The van der Waals surface area contributed by atoms with Crippen molar-refractivity contribution < 1.29 is 14.6 Å². The Kier molecular flexibility index (Phi) is 6.26. The molecule has 112 valence electrons. The van der Waals surface area contributed by atoms with Gasteiger partial charge in [-0.1, -0.05) is 24.0 Å². The van der Waals surface area contributed by atoms with Crippen LogP contribution in [0.1, 0.15) is 30.4 Å². The van der Waals surface area contributed by atoms with Crippen LogP contribution in [-0.4, -0.2) is 30.8 Å². The molecule has 0 aromatic heterocycles. The monoisotopic (exact) mass is 287 g/mol. The maximum Gasteiger partial charge on any atom is 0.225 e. The molecule has 4 nitrogen and oxygen atoms in total. The minimum Gasteiger partial charge on any atom is -0.395 e. The van der Waals surface area contributed by atoms with Gasteiger partial charge in [0, 0.05) is 25.1 Å². The van der Waals surface area contributed by atoms with Crippen molar-refractivity contribution in [3.8, 4) is 11.8 Å². The summed E-state index contributed by atoms with van der Waals surface area (Å²) in [5.41, 5.74) is 1.92. The standard InChI is InChI=1S/C17H21NO3/c19-9-2-1-5-14-6-3-7-15(11-14)12-18-17(20)16-8-4-10-21-13-16/h3,6-7,11,16,19H,2,4,8-10,12-13H2,(H,18,20). The summed E-state index contributed by atoms with van der Waals surface area (Å²) in [4.78, 5) is 12.0. The van der Waals surface area contributed by atoms with E-state index in [9.17, 15) is 4.79 Å². The summed E-state index contributed by atoms with van der Waals surface area (Å²) in [7, 11) is 0. The van der Waals surface area contributed by atoms with Crippen molar-refractivity contribution in [3.05, 3.63) is 35.4 Å². The van der Waals surface area contributed by atoms with E-state index in [1.807, 2.05) is 24.3 Å². The first-order chi connectivity index (χ1) is 10.3. The largest absolute Gasteiger partial charge is 0.395 e. The highest BCUT2D eigenvalue weighted by atomic mass is 16.5. The quantitative estimate of drug-likeness (QED) is 0.824. The molecule has 1 atom stereocenters. The summed E-state index contributed by atoms with van der Waals surface area (Å²) in [5.74, 6) is 5.93. The highest BCUT2D eigenvalue weighted by Gasteiger charge is 2.21. The number of benzene rings is 1. The van der Waals surface area contributed by atoms with Gasteiger partial charge < -0.3 is 15.2 Å². The second-order valence-electron chi connectivity index (χ2n) is 5.11. The first-order valence-corrected chi connectivity index (χ1v) is 7.33. The summed E-state index contributed by atoms with van der Waals surface area (Å²) in [6.45, 7) is 1.87. The Bertz CT molecular complexity index is 524. The van der Waals surface area contributed by atoms with Crippen LogP contribution < -0.4 is 5.32 Å². The SMILES string of the molecule is O=C(NCc1cccc(C#CCCO)c1)C1CCCOC1. The summed E-state index contributed by atoms with van der Waals surface area (Å²) in [5, 5.41) is 11.7. The van der Waals surface area contributed by atoms with Gasteiger partial charge in [-0.25, -0.2) is 0 Å². The Labute approximate surface area is 125 Å². The molecule has 1 unspecified atom stereocenters. The van der Waals surface area contributed by atoms with Crippen LogP contribution in [0.5, 0.6) is 0 Å². The Morgan fingerprint density at radius 2 is 2.38 bits per heavy atom. The van der Waals surface area contributed by atoms with Crippen molar-refractivity contribution in [2.75, 3.05) is 19.8 Å². The highest BCUT2D eigenvalue weighted by Crippen LogP contribution is 2.13. The molecule has 1 aliphatic rings. The van der Waals surface area contributed by atoms with Gasteiger partial charge in [0.05, 0.1) is 19.1 Å². The lowest BCUT2D eigenvalue weighted by Crippen LogP contribution is -2.35.